The molecule has 1 aliphatic heterocycles. The molecule has 0 atom stereocenters. The SMILES string of the molecule is COc1ccccc1N(CC(=O)N1CCN(C)CC1)S(=O)(=O)c1ccccc1. The predicted octanol–water partition coefficient (Wildman–Crippen LogP) is 1.66. The maximum Gasteiger partial charge on any atom is 0.264 e. The third-order valence-electron chi connectivity index (χ3n) is 4.82. The van der Waals surface area contributed by atoms with Gasteiger partial charge in [0.25, 0.3) is 10.0 Å². The molecule has 0 radical (unpaired) electrons. The molecule has 28 heavy (non-hydrogen) atoms. The highest BCUT2D eigenvalue weighted by atomic mass is 32.2. The van der Waals surface area contributed by atoms with E-state index in [0.29, 0.717) is 24.5 Å². The van der Waals surface area contributed by atoms with E-state index in [1.807, 2.05) is 7.05 Å². The van der Waals surface area contributed by atoms with Crippen molar-refractivity contribution in [3.8, 4) is 5.75 Å². The van der Waals surface area contributed by atoms with Crippen molar-refractivity contribution in [1.82, 2.24) is 9.80 Å². The van der Waals surface area contributed by atoms with Gasteiger partial charge in [-0.05, 0) is 31.3 Å². The van der Waals surface area contributed by atoms with Crippen LogP contribution >= 0.6 is 0 Å². The molecule has 0 spiro atoms. The van der Waals surface area contributed by atoms with Crippen LogP contribution in [0.4, 0.5) is 5.69 Å². The van der Waals surface area contributed by atoms with Crippen LogP contribution in [0.5, 0.6) is 5.75 Å². The Labute approximate surface area is 166 Å². The molecule has 1 saturated heterocycles. The first-order chi connectivity index (χ1) is 13.4. The molecule has 0 aliphatic carbocycles. The lowest BCUT2D eigenvalue weighted by atomic mass is 10.3. The number of rotatable bonds is 6. The van der Waals surface area contributed by atoms with Gasteiger partial charge < -0.3 is 14.5 Å². The number of sulfonamides is 1. The van der Waals surface area contributed by atoms with Crippen LogP contribution in [0, 0.1) is 0 Å². The van der Waals surface area contributed by atoms with Gasteiger partial charge in [-0.25, -0.2) is 8.42 Å². The fourth-order valence-electron chi connectivity index (χ4n) is 3.13. The van der Waals surface area contributed by atoms with Crippen molar-refractivity contribution in [2.24, 2.45) is 0 Å². The summed E-state index contributed by atoms with van der Waals surface area (Å²) in [6.07, 6.45) is 0. The largest absolute Gasteiger partial charge is 0.495 e. The van der Waals surface area contributed by atoms with Gasteiger partial charge in [-0.3, -0.25) is 9.10 Å². The second-order valence-electron chi connectivity index (χ2n) is 6.68. The van der Waals surface area contributed by atoms with Crippen molar-refractivity contribution in [2.75, 3.05) is 51.2 Å². The van der Waals surface area contributed by atoms with Crippen LogP contribution < -0.4 is 9.04 Å². The third kappa shape index (κ3) is 4.28. The topological polar surface area (TPSA) is 70.2 Å². The average Bonchev–Trinajstić information content (AvgIpc) is 2.73. The van der Waals surface area contributed by atoms with Gasteiger partial charge in [-0.15, -0.1) is 0 Å². The number of hydrogen-bond donors (Lipinski definition) is 0. The van der Waals surface area contributed by atoms with E-state index in [9.17, 15) is 13.2 Å². The summed E-state index contributed by atoms with van der Waals surface area (Å²) in [6, 6.07) is 15.0. The normalized spacial score (nSPS) is 15.3. The quantitative estimate of drug-likeness (QED) is 0.734. The van der Waals surface area contributed by atoms with Crippen molar-refractivity contribution in [3.63, 3.8) is 0 Å². The Morgan fingerprint density at radius 3 is 2.25 bits per heavy atom. The van der Waals surface area contributed by atoms with Gasteiger partial charge in [0.1, 0.15) is 12.3 Å². The Bertz CT molecular complexity index is 910. The first-order valence-electron chi connectivity index (χ1n) is 9.10. The van der Waals surface area contributed by atoms with Crippen LogP contribution in [-0.2, 0) is 14.8 Å². The smallest absolute Gasteiger partial charge is 0.264 e. The zero-order valence-electron chi connectivity index (χ0n) is 16.1. The van der Waals surface area contributed by atoms with E-state index in [4.69, 9.17) is 4.74 Å². The van der Waals surface area contributed by atoms with E-state index < -0.39 is 10.0 Å². The highest BCUT2D eigenvalue weighted by Gasteiger charge is 2.31. The summed E-state index contributed by atoms with van der Waals surface area (Å²) in [4.78, 5) is 16.9. The zero-order valence-corrected chi connectivity index (χ0v) is 16.9. The Hall–Kier alpha value is -2.58. The first kappa shape index (κ1) is 20.2. The molecule has 1 heterocycles. The molecule has 0 aromatic heterocycles. The number of ether oxygens (including phenoxy) is 1. The standard InChI is InChI=1S/C20H25N3O4S/c1-21-12-14-22(15-13-21)20(24)16-23(18-10-6-7-11-19(18)27-2)28(25,26)17-8-4-3-5-9-17/h3-11H,12-16H2,1-2H3. The van der Waals surface area contributed by atoms with Gasteiger partial charge in [0.05, 0.1) is 17.7 Å². The van der Waals surface area contributed by atoms with Crippen LogP contribution in [-0.4, -0.2) is 71.0 Å². The Morgan fingerprint density at radius 2 is 1.61 bits per heavy atom. The van der Waals surface area contributed by atoms with E-state index in [2.05, 4.69) is 4.90 Å². The van der Waals surface area contributed by atoms with Crippen LogP contribution in [0.15, 0.2) is 59.5 Å². The number of carbonyl (C=O) groups excluding carboxylic acids is 1. The summed E-state index contributed by atoms with van der Waals surface area (Å²) in [5, 5.41) is 0. The summed E-state index contributed by atoms with van der Waals surface area (Å²) in [7, 11) is -0.452. The average molecular weight is 404 g/mol. The molecule has 2 aromatic carbocycles. The summed E-state index contributed by atoms with van der Waals surface area (Å²) in [5.74, 6) is 0.173. The molecular weight excluding hydrogens is 378 g/mol. The van der Waals surface area contributed by atoms with E-state index in [-0.39, 0.29) is 17.3 Å². The molecular formula is C20H25N3O4S. The number of para-hydroxylation sites is 2. The van der Waals surface area contributed by atoms with Gasteiger partial charge in [0.2, 0.25) is 5.91 Å². The predicted molar refractivity (Wildman–Crippen MR) is 108 cm³/mol. The minimum Gasteiger partial charge on any atom is -0.495 e. The number of amides is 1. The highest BCUT2D eigenvalue weighted by molar-refractivity contribution is 7.92. The lowest BCUT2D eigenvalue weighted by molar-refractivity contribution is -0.131. The van der Waals surface area contributed by atoms with Gasteiger partial charge >= 0.3 is 0 Å². The summed E-state index contributed by atoms with van der Waals surface area (Å²) in [6.45, 7) is 2.43. The van der Waals surface area contributed by atoms with Crippen LogP contribution in [0.3, 0.4) is 0 Å². The van der Waals surface area contributed by atoms with E-state index in [0.717, 1.165) is 17.4 Å². The van der Waals surface area contributed by atoms with Gasteiger partial charge in [0.15, 0.2) is 0 Å². The Balaban J connectivity index is 1.97. The lowest BCUT2D eigenvalue weighted by Crippen LogP contribution is -2.50. The molecule has 0 saturated carbocycles. The highest BCUT2D eigenvalue weighted by Crippen LogP contribution is 2.32. The molecule has 2 aromatic rings. The van der Waals surface area contributed by atoms with Crippen LogP contribution in [0.2, 0.25) is 0 Å². The minimum atomic E-state index is -3.94. The summed E-state index contributed by atoms with van der Waals surface area (Å²) in [5.41, 5.74) is 0.344. The number of anilines is 1. The monoisotopic (exact) mass is 403 g/mol. The van der Waals surface area contributed by atoms with E-state index >= 15 is 0 Å². The molecule has 150 valence electrons. The maximum atomic E-state index is 13.4. The molecule has 0 unspecified atom stereocenters. The Kier molecular flexibility index (Phi) is 6.21. The van der Waals surface area contributed by atoms with E-state index in [1.165, 1.54) is 19.2 Å². The van der Waals surface area contributed by atoms with Gasteiger partial charge in [-0.2, -0.15) is 0 Å². The van der Waals surface area contributed by atoms with Crippen molar-refractivity contribution in [1.29, 1.82) is 0 Å². The number of carbonyl (C=O) groups is 1. The van der Waals surface area contributed by atoms with Gasteiger partial charge in [0, 0.05) is 26.2 Å². The third-order valence-corrected chi connectivity index (χ3v) is 6.59. The molecule has 0 bridgehead atoms. The zero-order chi connectivity index (χ0) is 20.1. The number of hydrogen-bond acceptors (Lipinski definition) is 5. The summed E-state index contributed by atoms with van der Waals surface area (Å²) < 4.78 is 33.2. The number of benzene rings is 2. The lowest BCUT2D eigenvalue weighted by Gasteiger charge is -2.34. The second-order valence-corrected chi connectivity index (χ2v) is 8.54. The molecule has 1 fully saturated rings. The van der Waals surface area contributed by atoms with Crippen molar-refractivity contribution < 1.29 is 17.9 Å². The first-order valence-corrected chi connectivity index (χ1v) is 10.5. The number of likely N-dealkylation sites (N-methyl/N-ethyl adjacent to an activating group) is 1. The van der Waals surface area contributed by atoms with Crippen LogP contribution in [0.1, 0.15) is 0 Å². The van der Waals surface area contributed by atoms with Crippen LogP contribution in [0.25, 0.3) is 0 Å². The van der Waals surface area contributed by atoms with Crippen molar-refractivity contribution in [2.45, 2.75) is 4.90 Å². The van der Waals surface area contributed by atoms with E-state index in [1.54, 1.807) is 47.4 Å². The summed E-state index contributed by atoms with van der Waals surface area (Å²) >= 11 is 0. The van der Waals surface area contributed by atoms with Gasteiger partial charge in [-0.1, -0.05) is 30.3 Å². The molecule has 8 heteroatoms. The van der Waals surface area contributed by atoms with Crippen molar-refractivity contribution >= 4 is 21.6 Å². The molecule has 0 N–H and O–H groups in total. The second kappa shape index (κ2) is 8.62. The number of piperazine rings is 1. The molecule has 1 amide bonds. The molecule has 7 nitrogen and oxygen atoms in total. The number of methoxy groups -OCH3 is 1. The fourth-order valence-corrected chi connectivity index (χ4v) is 4.58. The van der Waals surface area contributed by atoms with Crippen molar-refractivity contribution in [3.05, 3.63) is 54.6 Å². The minimum absolute atomic E-state index is 0.132. The Morgan fingerprint density at radius 1 is 1.00 bits per heavy atom. The fraction of sp³-hybridized carbons (Fsp3) is 0.350. The molecule has 3 rings (SSSR count). The number of nitrogens with zero attached hydrogens (tertiary/aromatic N) is 3. The molecule has 1 aliphatic rings. The maximum absolute atomic E-state index is 13.4.